The monoisotopic (exact) mass is 261 g/mol. The van der Waals surface area contributed by atoms with Gasteiger partial charge in [-0.2, -0.15) is 0 Å². The van der Waals surface area contributed by atoms with E-state index in [2.05, 4.69) is 15.5 Å². The average molecular weight is 261 g/mol. The van der Waals surface area contributed by atoms with Gasteiger partial charge in [0, 0.05) is 25.4 Å². The zero-order valence-corrected chi connectivity index (χ0v) is 11.5. The molecule has 4 rings (SSSR count). The predicted molar refractivity (Wildman–Crippen MR) is 71.7 cm³/mol. The van der Waals surface area contributed by atoms with Gasteiger partial charge in [-0.25, -0.2) is 0 Å². The summed E-state index contributed by atoms with van der Waals surface area (Å²) in [6.45, 7) is 0.973. The lowest BCUT2D eigenvalue weighted by atomic mass is 9.86. The molecule has 0 aliphatic heterocycles. The number of rotatable bonds is 6. The van der Waals surface area contributed by atoms with E-state index in [0.717, 1.165) is 55.0 Å². The molecule has 3 aliphatic rings. The molecule has 0 amide bonds. The van der Waals surface area contributed by atoms with Crippen molar-refractivity contribution in [3.05, 3.63) is 11.8 Å². The van der Waals surface area contributed by atoms with Crippen molar-refractivity contribution in [1.82, 2.24) is 15.5 Å². The summed E-state index contributed by atoms with van der Waals surface area (Å²) in [5.41, 5.74) is 0. The second-order valence-electron chi connectivity index (χ2n) is 6.71. The molecule has 0 saturated heterocycles. The first-order valence-electron chi connectivity index (χ1n) is 7.91. The van der Waals surface area contributed by atoms with Crippen LogP contribution in [0.4, 0.5) is 0 Å². The van der Waals surface area contributed by atoms with Crippen LogP contribution in [-0.4, -0.2) is 22.8 Å². The first-order chi connectivity index (χ1) is 9.37. The first-order valence-corrected chi connectivity index (χ1v) is 7.91. The summed E-state index contributed by atoms with van der Waals surface area (Å²) in [5.74, 6) is 4.44. The van der Waals surface area contributed by atoms with Gasteiger partial charge in [-0.1, -0.05) is 6.42 Å². The van der Waals surface area contributed by atoms with E-state index >= 15 is 0 Å². The lowest BCUT2D eigenvalue weighted by Gasteiger charge is -2.19. The van der Waals surface area contributed by atoms with E-state index in [4.69, 9.17) is 4.42 Å². The Morgan fingerprint density at radius 1 is 1.05 bits per heavy atom. The summed E-state index contributed by atoms with van der Waals surface area (Å²) >= 11 is 0. The van der Waals surface area contributed by atoms with E-state index in [1.54, 1.807) is 0 Å². The molecule has 0 spiro atoms. The largest absolute Gasteiger partial charge is 0.425 e. The number of hydrogen-bond acceptors (Lipinski definition) is 4. The highest BCUT2D eigenvalue weighted by Gasteiger charge is 2.39. The van der Waals surface area contributed by atoms with Gasteiger partial charge in [-0.3, -0.25) is 0 Å². The summed E-state index contributed by atoms with van der Waals surface area (Å²) in [5, 5.41) is 11.9. The number of nitrogens with one attached hydrogen (secondary N) is 1. The molecular formula is C15H23N3O. The van der Waals surface area contributed by atoms with Crippen molar-refractivity contribution in [2.45, 2.75) is 57.4 Å². The van der Waals surface area contributed by atoms with E-state index in [0.29, 0.717) is 0 Å². The fraction of sp³-hybridized carbons (Fsp3) is 0.867. The Bertz CT molecular complexity index is 440. The van der Waals surface area contributed by atoms with Crippen LogP contribution < -0.4 is 5.32 Å². The van der Waals surface area contributed by atoms with Crippen LogP contribution in [0.3, 0.4) is 0 Å². The van der Waals surface area contributed by atoms with Gasteiger partial charge >= 0.3 is 0 Å². The summed E-state index contributed by atoms with van der Waals surface area (Å²) in [7, 11) is 0. The van der Waals surface area contributed by atoms with Crippen LogP contribution in [0.1, 0.15) is 50.3 Å². The highest BCUT2D eigenvalue weighted by atomic mass is 16.4. The van der Waals surface area contributed by atoms with E-state index in [9.17, 15) is 0 Å². The number of aromatic nitrogens is 2. The van der Waals surface area contributed by atoms with Gasteiger partial charge in [-0.05, 0) is 49.9 Å². The molecule has 3 saturated carbocycles. The third-order valence-electron chi connectivity index (χ3n) is 5.18. The first kappa shape index (κ1) is 11.9. The quantitative estimate of drug-likeness (QED) is 0.854. The molecule has 0 radical (unpaired) electrons. The molecule has 3 fully saturated rings. The maximum absolute atomic E-state index is 5.79. The zero-order chi connectivity index (χ0) is 12.7. The molecule has 19 heavy (non-hydrogen) atoms. The van der Waals surface area contributed by atoms with Crippen molar-refractivity contribution in [2.24, 2.45) is 17.8 Å². The third-order valence-corrected chi connectivity index (χ3v) is 5.18. The lowest BCUT2D eigenvalue weighted by Crippen LogP contribution is -2.19. The standard InChI is InChI=1S/C15H23N3O/c1-2-11-7-10(1)8-12(11)9-15-18-17-14(19-15)5-6-16-13-3-4-13/h10-13,16H,1-9H2. The van der Waals surface area contributed by atoms with Crippen LogP contribution in [-0.2, 0) is 12.8 Å². The molecule has 1 aromatic rings. The molecule has 3 unspecified atom stereocenters. The van der Waals surface area contributed by atoms with Crippen LogP contribution >= 0.6 is 0 Å². The van der Waals surface area contributed by atoms with Gasteiger partial charge < -0.3 is 9.73 Å². The van der Waals surface area contributed by atoms with Crippen LogP contribution in [0.5, 0.6) is 0 Å². The second kappa shape index (κ2) is 4.89. The van der Waals surface area contributed by atoms with Crippen LogP contribution in [0.2, 0.25) is 0 Å². The summed E-state index contributed by atoms with van der Waals surface area (Å²) in [4.78, 5) is 0. The van der Waals surface area contributed by atoms with Gasteiger partial charge in [0.05, 0.1) is 0 Å². The topological polar surface area (TPSA) is 51.0 Å². The van der Waals surface area contributed by atoms with Gasteiger partial charge in [0.25, 0.3) is 0 Å². The molecule has 1 aromatic heterocycles. The SMILES string of the molecule is C(Cc1nnc(CC2CC3CCC2C3)o1)NC1CC1. The maximum atomic E-state index is 5.79. The van der Waals surface area contributed by atoms with Crippen LogP contribution in [0, 0.1) is 17.8 Å². The summed E-state index contributed by atoms with van der Waals surface area (Å²) < 4.78 is 5.79. The minimum absolute atomic E-state index is 0.761. The fourth-order valence-corrected chi connectivity index (χ4v) is 3.99. The molecular weight excluding hydrogens is 238 g/mol. The second-order valence-corrected chi connectivity index (χ2v) is 6.71. The summed E-state index contributed by atoms with van der Waals surface area (Å²) in [6, 6.07) is 0.761. The highest BCUT2D eigenvalue weighted by molar-refractivity contribution is 4.95. The van der Waals surface area contributed by atoms with Gasteiger partial charge in [0.15, 0.2) is 0 Å². The Labute approximate surface area is 114 Å². The zero-order valence-electron chi connectivity index (χ0n) is 11.5. The molecule has 3 aliphatic carbocycles. The minimum Gasteiger partial charge on any atom is -0.425 e. The predicted octanol–water partition coefficient (Wildman–Crippen LogP) is 2.34. The van der Waals surface area contributed by atoms with Crippen molar-refractivity contribution < 1.29 is 4.42 Å². The van der Waals surface area contributed by atoms with Gasteiger partial charge in [0.2, 0.25) is 11.8 Å². The van der Waals surface area contributed by atoms with Crippen molar-refractivity contribution >= 4 is 0 Å². The highest BCUT2D eigenvalue weighted by Crippen LogP contribution is 2.49. The molecule has 0 aromatic carbocycles. The van der Waals surface area contributed by atoms with Crippen molar-refractivity contribution in [3.63, 3.8) is 0 Å². The van der Waals surface area contributed by atoms with Crippen LogP contribution in [0.25, 0.3) is 0 Å². The fourth-order valence-electron chi connectivity index (χ4n) is 3.99. The molecule has 1 N–H and O–H groups in total. The molecule has 3 atom stereocenters. The number of fused-ring (bicyclic) bond motifs is 2. The normalized spacial score (nSPS) is 33.2. The molecule has 4 heteroatoms. The summed E-state index contributed by atoms with van der Waals surface area (Å²) in [6.07, 6.45) is 10.3. The molecule has 1 heterocycles. The third kappa shape index (κ3) is 2.69. The maximum Gasteiger partial charge on any atom is 0.217 e. The van der Waals surface area contributed by atoms with E-state index in [-0.39, 0.29) is 0 Å². The van der Waals surface area contributed by atoms with Crippen LogP contribution in [0.15, 0.2) is 4.42 Å². The number of nitrogens with zero attached hydrogens (tertiary/aromatic N) is 2. The van der Waals surface area contributed by atoms with Crippen molar-refractivity contribution in [3.8, 4) is 0 Å². The van der Waals surface area contributed by atoms with E-state index in [1.165, 1.54) is 38.5 Å². The van der Waals surface area contributed by atoms with E-state index in [1.807, 2.05) is 0 Å². The molecule has 104 valence electrons. The minimum atomic E-state index is 0.761. The number of hydrogen-bond donors (Lipinski definition) is 1. The van der Waals surface area contributed by atoms with Crippen molar-refractivity contribution in [2.75, 3.05) is 6.54 Å². The lowest BCUT2D eigenvalue weighted by molar-refractivity contribution is 0.303. The molecule has 2 bridgehead atoms. The Morgan fingerprint density at radius 3 is 2.68 bits per heavy atom. The smallest absolute Gasteiger partial charge is 0.217 e. The Balaban J connectivity index is 1.28. The van der Waals surface area contributed by atoms with E-state index < -0.39 is 0 Å². The van der Waals surface area contributed by atoms with Gasteiger partial charge in [0.1, 0.15) is 0 Å². The van der Waals surface area contributed by atoms with Crippen molar-refractivity contribution in [1.29, 1.82) is 0 Å². The Hall–Kier alpha value is -0.900. The average Bonchev–Trinajstić information content (AvgIpc) is 2.84. The Kier molecular flexibility index (Phi) is 3.06. The molecule has 4 nitrogen and oxygen atoms in total. The Morgan fingerprint density at radius 2 is 1.95 bits per heavy atom. The van der Waals surface area contributed by atoms with Gasteiger partial charge in [-0.15, -0.1) is 10.2 Å².